The Morgan fingerprint density at radius 1 is 1.06 bits per heavy atom. The standard InChI is InChI=1S/C17H23N/c1-2-5-14(6-3-1)7-4-10-18-13-17-12-15-8-9-16(17)11-15/h1-3,5-6,8-9,15-18H,4,7,10-13H2. The highest BCUT2D eigenvalue weighted by molar-refractivity contribution is 5.14. The molecule has 2 aliphatic carbocycles. The number of nitrogens with one attached hydrogen (secondary N) is 1. The van der Waals surface area contributed by atoms with Crippen LogP contribution in [0.25, 0.3) is 0 Å². The van der Waals surface area contributed by atoms with Crippen LogP contribution in [-0.4, -0.2) is 13.1 Å². The van der Waals surface area contributed by atoms with Crippen molar-refractivity contribution in [2.24, 2.45) is 17.8 Å². The topological polar surface area (TPSA) is 12.0 Å². The van der Waals surface area contributed by atoms with Crippen molar-refractivity contribution in [3.8, 4) is 0 Å². The molecule has 0 spiro atoms. The van der Waals surface area contributed by atoms with E-state index in [1.807, 2.05) is 0 Å². The summed E-state index contributed by atoms with van der Waals surface area (Å²) in [7, 11) is 0. The Labute approximate surface area is 110 Å². The van der Waals surface area contributed by atoms with Gasteiger partial charge in [0.25, 0.3) is 0 Å². The van der Waals surface area contributed by atoms with Crippen molar-refractivity contribution in [3.05, 3.63) is 48.0 Å². The highest BCUT2D eigenvalue weighted by Gasteiger charge is 2.34. The third-order valence-electron chi connectivity index (χ3n) is 4.48. The van der Waals surface area contributed by atoms with Gasteiger partial charge in [-0.1, -0.05) is 42.5 Å². The molecule has 0 heterocycles. The zero-order valence-corrected chi connectivity index (χ0v) is 11.0. The van der Waals surface area contributed by atoms with Crippen molar-refractivity contribution in [3.63, 3.8) is 0 Å². The van der Waals surface area contributed by atoms with E-state index in [9.17, 15) is 0 Å². The second-order valence-corrected chi connectivity index (χ2v) is 5.83. The Hall–Kier alpha value is -1.08. The van der Waals surface area contributed by atoms with Gasteiger partial charge in [-0.25, -0.2) is 0 Å². The zero-order valence-electron chi connectivity index (χ0n) is 11.0. The molecule has 3 rings (SSSR count). The van der Waals surface area contributed by atoms with E-state index >= 15 is 0 Å². The molecule has 0 saturated heterocycles. The Morgan fingerprint density at radius 3 is 2.67 bits per heavy atom. The molecule has 0 aromatic heterocycles. The van der Waals surface area contributed by atoms with Crippen LogP contribution in [0.5, 0.6) is 0 Å². The van der Waals surface area contributed by atoms with Crippen molar-refractivity contribution < 1.29 is 0 Å². The van der Waals surface area contributed by atoms with Crippen LogP contribution >= 0.6 is 0 Å². The van der Waals surface area contributed by atoms with Crippen LogP contribution in [0.4, 0.5) is 0 Å². The van der Waals surface area contributed by atoms with E-state index in [0.717, 1.165) is 24.3 Å². The minimum Gasteiger partial charge on any atom is -0.316 e. The minimum atomic E-state index is 0.886. The fourth-order valence-electron chi connectivity index (χ4n) is 3.48. The fourth-order valence-corrected chi connectivity index (χ4v) is 3.48. The van der Waals surface area contributed by atoms with Crippen molar-refractivity contribution in [2.75, 3.05) is 13.1 Å². The highest BCUT2D eigenvalue weighted by Crippen LogP contribution is 2.42. The van der Waals surface area contributed by atoms with Crippen LogP contribution < -0.4 is 5.32 Å². The van der Waals surface area contributed by atoms with Gasteiger partial charge in [0.1, 0.15) is 0 Å². The largest absolute Gasteiger partial charge is 0.316 e. The third kappa shape index (κ3) is 2.84. The SMILES string of the molecule is C1=CC2CC1CC2CNCCCc1ccccc1. The summed E-state index contributed by atoms with van der Waals surface area (Å²) in [5.41, 5.74) is 1.46. The third-order valence-corrected chi connectivity index (χ3v) is 4.48. The molecule has 2 bridgehead atoms. The minimum absolute atomic E-state index is 0.886. The van der Waals surface area contributed by atoms with Gasteiger partial charge < -0.3 is 5.32 Å². The van der Waals surface area contributed by atoms with Gasteiger partial charge in [-0.2, -0.15) is 0 Å². The van der Waals surface area contributed by atoms with Crippen LogP contribution in [0.2, 0.25) is 0 Å². The number of aryl methyl sites for hydroxylation is 1. The number of allylic oxidation sites excluding steroid dienone is 2. The van der Waals surface area contributed by atoms with Gasteiger partial charge in [-0.05, 0) is 62.1 Å². The molecular formula is C17H23N. The molecule has 0 aliphatic heterocycles. The molecule has 0 amide bonds. The maximum Gasteiger partial charge on any atom is -0.00147 e. The van der Waals surface area contributed by atoms with Crippen LogP contribution in [0.3, 0.4) is 0 Å². The molecule has 1 aromatic carbocycles. The molecule has 96 valence electrons. The van der Waals surface area contributed by atoms with Crippen molar-refractivity contribution in [2.45, 2.75) is 25.7 Å². The van der Waals surface area contributed by atoms with E-state index < -0.39 is 0 Å². The van der Waals surface area contributed by atoms with Gasteiger partial charge in [0.05, 0.1) is 0 Å². The van der Waals surface area contributed by atoms with E-state index in [4.69, 9.17) is 0 Å². The van der Waals surface area contributed by atoms with Gasteiger partial charge >= 0.3 is 0 Å². The number of hydrogen-bond donors (Lipinski definition) is 1. The Bertz CT molecular complexity index is 395. The smallest absolute Gasteiger partial charge is 0.00147 e. The van der Waals surface area contributed by atoms with Gasteiger partial charge in [0.2, 0.25) is 0 Å². The molecule has 1 N–H and O–H groups in total. The first-order valence-corrected chi connectivity index (χ1v) is 7.35. The molecule has 3 unspecified atom stereocenters. The molecule has 1 aromatic rings. The number of fused-ring (bicyclic) bond motifs is 2. The zero-order chi connectivity index (χ0) is 12.2. The van der Waals surface area contributed by atoms with Gasteiger partial charge in [-0.3, -0.25) is 0 Å². The normalized spacial score (nSPS) is 29.0. The van der Waals surface area contributed by atoms with Gasteiger partial charge in [0.15, 0.2) is 0 Å². The maximum atomic E-state index is 3.65. The summed E-state index contributed by atoms with van der Waals surface area (Å²) in [4.78, 5) is 0. The molecule has 1 heteroatoms. The highest BCUT2D eigenvalue weighted by atomic mass is 14.9. The first-order chi connectivity index (χ1) is 8.92. The second-order valence-electron chi connectivity index (χ2n) is 5.83. The summed E-state index contributed by atoms with van der Waals surface area (Å²) < 4.78 is 0. The molecule has 2 aliphatic rings. The number of hydrogen-bond acceptors (Lipinski definition) is 1. The molecule has 1 saturated carbocycles. The first-order valence-electron chi connectivity index (χ1n) is 7.35. The maximum absolute atomic E-state index is 3.65. The summed E-state index contributed by atoms with van der Waals surface area (Å²) in [6, 6.07) is 10.8. The van der Waals surface area contributed by atoms with E-state index in [1.54, 1.807) is 0 Å². The average Bonchev–Trinajstić information content (AvgIpc) is 3.02. The Kier molecular flexibility index (Phi) is 3.80. The van der Waals surface area contributed by atoms with E-state index in [-0.39, 0.29) is 0 Å². The lowest BCUT2D eigenvalue weighted by atomic mass is 9.93. The predicted molar refractivity (Wildman–Crippen MR) is 76.5 cm³/mol. The average molecular weight is 241 g/mol. The lowest BCUT2D eigenvalue weighted by molar-refractivity contribution is 0.413. The van der Waals surface area contributed by atoms with Crippen LogP contribution in [0.15, 0.2) is 42.5 Å². The summed E-state index contributed by atoms with van der Waals surface area (Å²) in [6.07, 6.45) is 10.2. The fraction of sp³-hybridized carbons (Fsp3) is 0.529. The van der Waals surface area contributed by atoms with E-state index in [2.05, 4.69) is 47.8 Å². The van der Waals surface area contributed by atoms with Crippen LogP contribution in [0, 0.1) is 17.8 Å². The van der Waals surface area contributed by atoms with Gasteiger partial charge in [-0.15, -0.1) is 0 Å². The lowest BCUT2D eigenvalue weighted by Gasteiger charge is -2.18. The first kappa shape index (κ1) is 12.0. The van der Waals surface area contributed by atoms with Crippen LogP contribution in [-0.2, 0) is 6.42 Å². The molecule has 0 radical (unpaired) electrons. The molecule has 3 atom stereocenters. The molecule has 1 nitrogen and oxygen atoms in total. The molecular weight excluding hydrogens is 218 g/mol. The Morgan fingerprint density at radius 2 is 1.94 bits per heavy atom. The summed E-state index contributed by atoms with van der Waals surface area (Å²) in [6.45, 7) is 2.38. The second kappa shape index (κ2) is 5.71. The summed E-state index contributed by atoms with van der Waals surface area (Å²) in [5, 5.41) is 3.65. The molecule has 1 fully saturated rings. The van der Waals surface area contributed by atoms with E-state index in [1.165, 1.54) is 37.8 Å². The number of benzene rings is 1. The van der Waals surface area contributed by atoms with Crippen molar-refractivity contribution in [1.82, 2.24) is 5.32 Å². The summed E-state index contributed by atoms with van der Waals surface area (Å²) in [5.74, 6) is 2.71. The molecule has 18 heavy (non-hydrogen) atoms. The van der Waals surface area contributed by atoms with E-state index in [0.29, 0.717) is 0 Å². The lowest BCUT2D eigenvalue weighted by Crippen LogP contribution is -2.26. The van der Waals surface area contributed by atoms with Crippen LogP contribution in [0.1, 0.15) is 24.8 Å². The predicted octanol–water partition coefficient (Wildman–Crippen LogP) is 3.42. The number of rotatable bonds is 6. The van der Waals surface area contributed by atoms with Crippen molar-refractivity contribution >= 4 is 0 Å². The van der Waals surface area contributed by atoms with Gasteiger partial charge in [0, 0.05) is 0 Å². The summed E-state index contributed by atoms with van der Waals surface area (Å²) >= 11 is 0. The monoisotopic (exact) mass is 241 g/mol. The quantitative estimate of drug-likeness (QED) is 0.594. The van der Waals surface area contributed by atoms with Crippen molar-refractivity contribution in [1.29, 1.82) is 0 Å². The Balaban J connectivity index is 1.30.